The molecular formula is C14H17FO3. The highest BCUT2D eigenvalue weighted by Gasteiger charge is 2.20. The molecule has 0 radical (unpaired) electrons. The van der Waals surface area contributed by atoms with E-state index in [4.69, 9.17) is 9.47 Å². The molecule has 0 saturated carbocycles. The number of benzene rings is 1. The second-order valence-corrected chi connectivity index (χ2v) is 4.48. The van der Waals surface area contributed by atoms with Gasteiger partial charge in [0, 0.05) is 12.2 Å². The highest BCUT2D eigenvalue weighted by atomic mass is 19.1. The van der Waals surface area contributed by atoms with Crippen LogP contribution in [-0.2, 0) is 9.47 Å². The molecule has 1 aliphatic rings. The van der Waals surface area contributed by atoms with Crippen LogP contribution in [0, 0.1) is 5.82 Å². The van der Waals surface area contributed by atoms with Crippen molar-refractivity contribution in [3.8, 4) is 0 Å². The monoisotopic (exact) mass is 252 g/mol. The second-order valence-electron chi connectivity index (χ2n) is 4.48. The quantitative estimate of drug-likeness (QED) is 0.756. The molecule has 1 heterocycles. The summed E-state index contributed by atoms with van der Waals surface area (Å²) in [6.07, 6.45) is 1.61. The van der Waals surface area contributed by atoms with Crippen LogP contribution in [0.25, 0.3) is 0 Å². The maximum Gasteiger partial charge on any atom is 0.191 e. The lowest BCUT2D eigenvalue weighted by Gasteiger charge is -2.15. The van der Waals surface area contributed by atoms with Gasteiger partial charge in [-0.2, -0.15) is 0 Å². The number of ketones is 1. The lowest BCUT2D eigenvalue weighted by molar-refractivity contribution is -0.00759. The molecule has 0 N–H and O–H groups in total. The van der Waals surface area contributed by atoms with Crippen LogP contribution in [0.5, 0.6) is 0 Å². The average Bonchev–Trinajstić information content (AvgIpc) is 2.89. The molecule has 2 rings (SSSR count). The molecule has 2 unspecified atom stereocenters. The Morgan fingerprint density at radius 3 is 2.83 bits per heavy atom. The van der Waals surface area contributed by atoms with E-state index in [0.29, 0.717) is 12.2 Å². The van der Waals surface area contributed by atoms with E-state index in [1.807, 2.05) is 0 Å². The molecule has 0 spiro atoms. The third-order valence-electron chi connectivity index (χ3n) is 3.05. The molecule has 4 heteroatoms. The minimum absolute atomic E-state index is 0.105. The molecule has 3 nitrogen and oxygen atoms in total. The van der Waals surface area contributed by atoms with Crippen LogP contribution in [0.4, 0.5) is 4.39 Å². The number of carbonyl (C=O) groups excluding carboxylic acids is 1. The normalized spacial score (nSPS) is 20.9. The van der Waals surface area contributed by atoms with Crippen LogP contribution in [-0.4, -0.2) is 31.2 Å². The smallest absolute Gasteiger partial charge is 0.191 e. The first-order valence-corrected chi connectivity index (χ1v) is 6.20. The Hall–Kier alpha value is -1.26. The van der Waals surface area contributed by atoms with Crippen LogP contribution in [0.1, 0.15) is 30.1 Å². The van der Waals surface area contributed by atoms with Gasteiger partial charge in [-0.3, -0.25) is 4.79 Å². The van der Waals surface area contributed by atoms with Crippen LogP contribution < -0.4 is 0 Å². The van der Waals surface area contributed by atoms with Crippen molar-refractivity contribution in [1.82, 2.24) is 0 Å². The summed E-state index contributed by atoms with van der Waals surface area (Å²) in [6.45, 7) is 2.92. The van der Waals surface area contributed by atoms with Crippen LogP contribution >= 0.6 is 0 Å². The van der Waals surface area contributed by atoms with Gasteiger partial charge >= 0.3 is 0 Å². The molecule has 0 aromatic heterocycles. The Labute approximate surface area is 106 Å². The zero-order valence-electron chi connectivity index (χ0n) is 10.4. The predicted octanol–water partition coefficient (Wildman–Crippen LogP) is 2.59. The van der Waals surface area contributed by atoms with E-state index in [9.17, 15) is 9.18 Å². The van der Waals surface area contributed by atoms with Crippen molar-refractivity contribution in [3.05, 3.63) is 35.6 Å². The summed E-state index contributed by atoms with van der Waals surface area (Å²) < 4.78 is 23.7. The van der Waals surface area contributed by atoms with Crippen molar-refractivity contribution in [2.45, 2.75) is 32.0 Å². The summed E-state index contributed by atoms with van der Waals surface area (Å²) in [5.74, 6) is -0.479. The molecule has 98 valence electrons. The summed E-state index contributed by atoms with van der Waals surface area (Å²) in [5.41, 5.74) is 0.469. The summed E-state index contributed by atoms with van der Waals surface area (Å²) in [7, 11) is 0. The second kappa shape index (κ2) is 6.07. The Bertz CT molecular complexity index is 396. The topological polar surface area (TPSA) is 35.5 Å². The van der Waals surface area contributed by atoms with Gasteiger partial charge in [0.2, 0.25) is 0 Å². The molecular weight excluding hydrogens is 235 g/mol. The van der Waals surface area contributed by atoms with Gasteiger partial charge in [0.25, 0.3) is 0 Å². The number of carbonyl (C=O) groups is 1. The molecule has 1 aliphatic heterocycles. The van der Waals surface area contributed by atoms with Crippen molar-refractivity contribution >= 4 is 5.78 Å². The van der Waals surface area contributed by atoms with E-state index >= 15 is 0 Å². The third-order valence-corrected chi connectivity index (χ3v) is 3.05. The van der Waals surface area contributed by atoms with Crippen LogP contribution in [0.2, 0.25) is 0 Å². The van der Waals surface area contributed by atoms with Gasteiger partial charge in [-0.05, 0) is 44.0 Å². The van der Waals surface area contributed by atoms with E-state index in [0.717, 1.165) is 19.4 Å². The summed E-state index contributed by atoms with van der Waals surface area (Å²) in [5, 5.41) is 0. The molecule has 2 atom stereocenters. The van der Waals surface area contributed by atoms with Crippen molar-refractivity contribution in [2.24, 2.45) is 0 Å². The van der Waals surface area contributed by atoms with Crippen molar-refractivity contribution in [3.63, 3.8) is 0 Å². The summed E-state index contributed by atoms with van der Waals surface area (Å²) in [6, 6.07) is 5.51. The SMILES string of the molecule is CC(OCC1CCCO1)C(=O)c1ccc(F)cc1. The Kier molecular flexibility index (Phi) is 4.44. The minimum Gasteiger partial charge on any atom is -0.376 e. The van der Waals surface area contributed by atoms with Gasteiger partial charge in [0.1, 0.15) is 11.9 Å². The van der Waals surface area contributed by atoms with Crippen LogP contribution in [0.15, 0.2) is 24.3 Å². The molecule has 18 heavy (non-hydrogen) atoms. The molecule has 1 fully saturated rings. The van der Waals surface area contributed by atoms with E-state index < -0.39 is 6.10 Å². The number of hydrogen-bond acceptors (Lipinski definition) is 3. The maximum atomic E-state index is 12.7. The molecule has 0 amide bonds. The third kappa shape index (κ3) is 3.37. The highest BCUT2D eigenvalue weighted by molar-refractivity contribution is 5.99. The lowest BCUT2D eigenvalue weighted by Crippen LogP contribution is -2.25. The summed E-state index contributed by atoms with van der Waals surface area (Å²) in [4.78, 5) is 12.0. The van der Waals surface area contributed by atoms with Gasteiger partial charge in [-0.25, -0.2) is 4.39 Å². The Balaban J connectivity index is 1.85. The van der Waals surface area contributed by atoms with Crippen LogP contribution in [0.3, 0.4) is 0 Å². The first-order chi connectivity index (χ1) is 8.66. The minimum atomic E-state index is -0.528. The number of ether oxygens (including phenoxy) is 2. The van der Waals surface area contributed by atoms with Gasteiger partial charge in [0.05, 0.1) is 12.7 Å². The Morgan fingerprint density at radius 1 is 1.50 bits per heavy atom. The predicted molar refractivity (Wildman–Crippen MR) is 65.1 cm³/mol. The van der Waals surface area contributed by atoms with Gasteiger partial charge in [-0.1, -0.05) is 0 Å². The van der Waals surface area contributed by atoms with Gasteiger partial charge in [0.15, 0.2) is 5.78 Å². The van der Waals surface area contributed by atoms with Gasteiger partial charge < -0.3 is 9.47 Å². The highest BCUT2D eigenvalue weighted by Crippen LogP contribution is 2.14. The fourth-order valence-electron chi connectivity index (χ4n) is 1.95. The van der Waals surface area contributed by atoms with Crippen molar-refractivity contribution < 1.29 is 18.7 Å². The number of hydrogen-bond donors (Lipinski definition) is 0. The molecule has 0 bridgehead atoms. The number of rotatable bonds is 5. The summed E-state index contributed by atoms with van der Waals surface area (Å²) >= 11 is 0. The fraction of sp³-hybridized carbons (Fsp3) is 0.500. The molecule has 1 saturated heterocycles. The maximum absolute atomic E-state index is 12.7. The Morgan fingerprint density at radius 2 is 2.22 bits per heavy atom. The molecule has 1 aromatic carbocycles. The number of Topliss-reactive ketones (excluding diaryl/α,β-unsaturated/α-hetero) is 1. The zero-order valence-corrected chi connectivity index (χ0v) is 10.4. The lowest BCUT2D eigenvalue weighted by atomic mass is 10.1. The van der Waals surface area contributed by atoms with E-state index in [1.54, 1.807) is 6.92 Å². The number of halogens is 1. The van der Waals surface area contributed by atoms with E-state index in [1.165, 1.54) is 24.3 Å². The van der Waals surface area contributed by atoms with Crippen molar-refractivity contribution in [1.29, 1.82) is 0 Å². The molecule has 0 aliphatic carbocycles. The zero-order chi connectivity index (χ0) is 13.0. The fourth-order valence-corrected chi connectivity index (χ4v) is 1.95. The first-order valence-electron chi connectivity index (χ1n) is 6.20. The average molecular weight is 252 g/mol. The largest absolute Gasteiger partial charge is 0.376 e. The van der Waals surface area contributed by atoms with Crippen molar-refractivity contribution in [2.75, 3.05) is 13.2 Å². The van der Waals surface area contributed by atoms with E-state index in [-0.39, 0.29) is 17.7 Å². The standard InChI is InChI=1S/C14H17FO3/c1-10(18-9-13-3-2-8-17-13)14(16)11-4-6-12(15)7-5-11/h4-7,10,13H,2-3,8-9H2,1H3. The molecule has 1 aromatic rings. The van der Waals surface area contributed by atoms with Gasteiger partial charge in [-0.15, -0.1) is 0 Å². The van der Waals surface area contributed by atoms with E-state index in [2.05, 4.69) is 0 Å². The first kappa shape index (κ1) is 13.2.